The van der Waals surface area contributed by atoms with E-state index in [1.54, 1.807) is 23.1 Å². The zero-order chi connectivity index (χ0) is 16.4. The van der Waals surface area contributed by atoms with E-state index in [4.69, 9.17) is 0 Å². The SMILES string of the molecule is Cc1cccc(C)c1N1CCN(C(=O)c2ccccc2F)CC1. The van der Waals surface area contributed by atoms with Crippen molar-refractivity contribution in [3.8, 4) is 0 Å². The van der Waals surface area contributed by atoms with E-state index in [0.29, 0.717) is 13.1 Å². The van der Waals surface area contributed by atoms with Crippen LogP contribution in [0.5, 0.6) is 0 Å². The fourth-order valence-corrected chi connectivity index (χ4v) is 3.24. The minimum Gasteiger partial charge on any atom is -0.368 e. The molecule has 1 fully saturated rings. The molecule has 1 amide bonds. The second kappa shape index (κ2) is 6.41. The first-order valence-corrected chi connectivity index (χ1v) is 7.93. The highest BCUT2D eigenvalue weighted by atomic mass is 19.1. The van der Waals surface area contributed by atoms with Gasteiger partial charge in [0, 0.05) is 31.9 Å². The molecule has 0 atom stereocenters. The molecule has 23 heavy (non-hydrogen) atoms. The summed E-state index contributed by atoms with van der Waals surface area (Å²) in [6, 6.07) is 12.5. The summed E-state index contributed by atoms with van der Waals surface area (Å²) in [5.41, 5.74) is 3.91. The summed E-state index contributed by atoms with van der Waals surface area (Å²) in [4.78, 5) is 16.5. The average Bonchev–Trinajstić information content (AvgIpc) is 2.55. The van der Waals surface area contributed by atoms with Gasteiger partial charge in [-0.1, -0.05) is 30.3 Å². The molecule has 0 radical (unpaired) electrons. The van der Waals surface area contributed by atoms with Crippen molar-refractivity contribution in [2.45, 2.75) is 13.8 Å². The fourth-order valence-electron chi connectivity index (χ4n) is 3.24. The van der Waals surface area contributed by atoms with Crippen molar-refractivity contribution in [1.82, 2.24) is 4.90 Å². The second-order valence-electron chi connectivity index (χ2n) is 6.00. The van der Waals surface area contributed by atoms with E-state index >= 15 is 0 Å². The van der Waals surface area contributed by atoms with E-state index in [9.17, 15) is 9.18 Å². The first kappa shape index (κ1) is 15.5. The zero-order valence-corrected chi connectivity index (χ0v) is 13.6. The number of piperazine rings is 1. The quantitative estimate of drug-likeness (QED) is 0.848. The molecule has 1 saturated heterocycles. The molecule has 0 N–H and O–H groups in total. The lowest BCUT2D eigenvalue weighted by atomic mass is 10.1. The molecule has 2 aromatic carbocycles. The third-order valence-electron chi connectivity index (χ3n) is 4.43. The number of carbonyl (C=O) groups excluding carboxylic acids is 1. The van der Waals surface area contributed by atoms with Gasteiger partial charge in [0.25, 0.3) is 5.91 Å². The Kier molecular flexibility index (Phi) is 4.33. The van der Waals surface area contributed by atoms with Crippen LogP contribution in [0.2, 0.25) is 0 Å². The Bertz CT molecular complexity index is 701. The monoisotopic (exact) mass is 312 g/mol. The van der Waals surface area contributed by atoms with Gasteiger partial charge in [0.05, 0.1) is 5.56 Å². The lowest BCUT2D eigenvalue weighted by Crippen LogP contribution is -2.49. The van der Waals surface area contributed by atoms with Crippen LogP contribution in [0.3, 0.4) is 0 Å². The predicted octanol–water partition coefficient (Wildman–Crippen LogP) is 3.40. The fraction of sp³-hybridized carbons (Fsp3) is 0.316. The van der Waals surface area contributed by atoms with Gasteiger partial charge in [-0.05, 0) is 37.1 Å². The molecule has 120 valence electrons. The third kappa shape index (κ3) is 3.07. The number of hydrogen-bond donors (Lipinski definition) is 0. The number of benzene rings is 2. The van der Waals surface area contributed by atoms with Gasteiger partial charge in [-0.15, -0.1) is 0 Å². The molecule has 1 aliphatic heterocycles. The highest BCUT2D eigenvalue weighted by molar-refractivity contribution is 5.94. The van der Waals surface area contributed by atoms with Crippen LogP contribution in [0.4, 0.5) is 10.1 Å². The highest BCUT2D eigenvalue weighted by Crippen LogP contribution is 2.26. The zero-order valence-electron chi connectivity index (χ0n) is 13.6. The van der Waals surface area contributed by atoms with Crippen LogP contribution in [0.25, 0.3) is 0 Å². The van der Waals surface area contributed by atoms with Gasteiger partial charge in [0.2, 0.25) is 0 Å². The Labute approximate surface area is 136 Å². The van der Waals surface area contributed by atoms with Gasteiger partial charge in [-0.3, -0.25) is 4.79 Å². The van der Waals surface area contributed by atoms with Crippen molar-refractivity contribution in [2.75, 3.05) is 31.1 Å². The molecule has 0 aliphatic carbocycles. The van der Waals surface area contributed by atoms with Crippen molar-refractivity contribution >= 4 is 11.6 Å². The number of anilines is 1. The maximum absolute atomic E-state index is 13.8. The van der Waals surface area contributed by atoms with Gasteiger partial charge in [-0.2, -0.15) is 0 Å². The number of amides is 1. The Morgan fingerprint density at radius 3 is 2.13 bits per heavy atom. The van der Waals surface area contributed by atoms with E-state index in [2.05, 4.69) is 36.9 Å². The molecule has 1 aliphatic rings. The van der Waals surface area contributed by atoms with Crippen LogP contribution in [0.15, 0.2) is 42.5 Å². The predicted molar refractivity (Wildman–Crippen MR) is 90.4 cm³/mol. The minimum atomic E-state index is -0.449. The minimum absolute atomic E-state index is 0.160. The lowest BCUT2D eigenvalue weighted by Gasteiger charge is -2.37. The van der Waals surface area contributed by atoms with Crippen LogP contribution in [0.1, 0.15) is 21.5 Å². The van der Waals surface area contributed by atoms with Crippen molar-refractivity contribution in [1.29, 1.82) is 0 Å². The van der Waals surface area contributed by atoms with Crippen molar-refractivity contribution < 1.29 is 9.18 Å². The molecule has 1 heterocycles. The maximum Gasteiger partial charge on any atom is 0.256 e. The smallest absolute Gasteiger partial charge is 0.256 e. The molecule has 3 nitrogen and oxygen atoms in total. The van der Waals surface area contributed by atoms with E-state index < -0.39 is 5.82 Å². The third-order valence-corrected chi connectivity index (χ3v) is 4.43. The topological polar surface area (TPSA) is 23.6 Å². The molecule has 3 rings (SSSR count). The lowest BCUT2D eigenvalue weighted by molar-refractivity contribution is 0.0742. The molecule has 0 aromatic heterocycles. The summed E-state index contributed by atoms with van der Waals surface area (Å²) < 4.78 is 13.8. The van der Waals surface area contributed by atoms with Crippen LogP contribution in [-0.2, 0) is 0 Å². The van der Waals surface area contributed by atoms with Crippen LogP contribution >= 0.6 is 0 Å². The van der Waals surface area contributed by atoms with E-state index in [-0.39, 0.29) is 11.5 Å². The number of aryl methyl sites for hydroxylation is 2. The van der Waals surface area contributed by atoms with Crippen molar-refractivity contribution in [2.24, 2.45) is 0 Å². The van der Waals surface area contributed by atoms with Crippen LogP contribution < -0.4 is 4.90 Å². The largest absolute Gasteiger partial charge is 0.368 e. The first-order chi connectivity index (χ1) is 11.1. The molecular weight excluding hydrogens is 291 g/mol. The number of rotatable bonds is 2. The summed E-state index contributed by atoms with van der Waals surface area (Å²) in [7, 11) is 0. The molecule has 0 saturated carbocycles. The average molecular weight is 312 g/mol. The van der Waals surface area contributed by atoms with E-state index in [1.165, 1.54) is 22.9 Å². The summed E-state index contributed by atoms with van der Waals surface area (Å²) in [5.74, 6) is -0.668. The second-order valence-corrected chi connectivity index (χ2v) is 6.00. The standard InChI is InChI=1S/C19H21FN2O/c1-14-6-5-7-15(2)18(14)21-10-12-22(13-11-21)19(23)16-8-3-4-9-17(16)20/h3-9H,10-13H2,1-2H3. The van der Waals surface area contributed by atoms with Crippen LogP contribution in [-0.4, -0.2) is 37.0 Å². The van der Waals surface area contributed by atoms with Gasteiger partial charge < -0.3 is 9.80 Å². The molecular formula is C19H21FN2O. The van der Waals surface area contributed by atoms with E-state index in [1.807, 2.05) is 0 Å². The number of nitrogens with zero attached hydrogens (tertiary/aromatic N) is 2. The summed E-state index contributed by atoms with van der Waals surface area (Å²) in [5, 5.41) is 0. The van der Waals surface area contributed by atoms with Crippen molar-refractivity contribution in [3.05, 3.63) is 65.0 Å². The van der Waals surface area contributed by atoms with Gasteiger partial charge in [0.1, 0.15) is 5.82 Å². The molecule has 4 heteroatoms. The number of para-hydroxylation sites is 1. The first-order valence-electron chi connectivity index (χ1n) is 7.93. The highest BCUT2D eigenvalue weighted by Gasteiger charge is 2.25. The number of hydrogen-bond acceptors (Lipinski definition) is 2. The van der Waals surface area contributed by atoms with Gasteiger partial charge in [0.15, 0.2) is 0 Å². The van der Waals surface area contributed by atoms with E-state index in [0.717, 1.165) is 13.1 Å². The van der Waals surface area contributed by atoms with Crippen molar-refractivity contribution in [3.63, 3.8) is 0 Å². The normalized spacial score (nSPS) is 14.9. The summed E-state index contributed by atoms with van der Waals surface area (Å²) in [6.45, 7) is 6.98. The number of halogens is 1. The summed E-state index contributed by atoms with van der Waals surface area (Å²) >= 11 is 0. The van der Waals surface area contributed by atoms with Gasteiger partial charge >= 0.3 is 0 Å². The number of carbonyl (C=O) groups is 1. The Morgan fingerprint density at radius 1 is 0.913 bits per heavy atom. The van der Waals surface area contributed by atoms with Gasteiger partial charge in [-0.25, -0.2) is 4.39 Å². The molecule has 2 aromatic rings. The van der Waals surface area contributed by atoms with Crippen LogP contribution in [0, 0.1) is 19.7 Å². The molecule has 0 unspecified atom stereocenters. The summed E-state index contributed by atoms with van der Waals surface area (Å²) in [6.07, 6.45) is 0. The molecule has 0 spiro atoms. The maximum atomic E-state index is 13.8. The Morgan fingerprint density at radius 2 is 1.52 bits per heavy atom. The molecule has 0 bridgehead atoms. The Balaban J connectivity index is 1.72. The Hall–Kier alpha value is -2.36.